The molecule has 2 aromatic carbocycles. The molecule has 0 bridgehead atoms. The number of H-pyrrole nitrogens is 3. The molecule has 730 valence electrons. The molecule has 0 spiro atoms. The maximum absolute atomic E-state index is 15.3. The maximum Gasteiger partial charge on any atom is 0.471 e. The van der Waals surface area contributed by atoms with Gasteiger partial charge in [-0.05, 0) is 132 Å². The highest BCUT2D eigenvalue weighted by Gasteiger charge is 2.47. The van der Waals surface area contributed by atoms with E-state index in [1.807, 2.05) is 48.7 Å². The molecule has 4 aliphatic rings. The number of aromatic amines is 3. The van der Waals surface area contributed by atoms with E-state index in [0.29, 0.717) is 73.3 Å². The fraction of sp³-hybridized carbons (Fsp3) is 0.611. The molecule has 10 amide bonds. The van der Waals surface area contributed by atoms with Crippen LogP contribution < -0.4 is 43.4 Å². The molecule has 0 radical (unpaired) electrons. The molecular formula is C90H130N17O22PS3. The number of Topliss-reactive ketones (excluding diaryl/α,β-unsaturated/α-hetero) is 4. The van der Waals surface area contributed by atoms with Gasteiger partial charge in [0, 0.05) is 162 Å². The number of benzene rings is 2. The number of nitrogens with one attached hydrogen (secondary N) is 9. The number of rotatable bonds is 57. The lowest BCUT2D eigenvalue weighted by molar-refractivity contribution is -0.149. The number of likely N-dealkylation sites (tertiary alicyclic amines) is 4. The number of imidazole rings is 1. The largest absolute Gasteiger partial charge is 0.480 e. The molecular weight excluding hydrogens is 1800 g/mol. The Labute approximate surface area is 785 Å². The first-order valence-electron chi connectivity index (χ1n) is 45.6. The van der Waals surface area contributed by atoms with Gasteiger partial charge in [-0.1, -0.05) is 91.1 Å². The Morgan fingerprint density at radius 3 is 1.77 bits per heavy atom. The zero-order valence-electron chi connectivity index (χ0n) is 76.3. The number of aliphatic carboxylic acids is 1. The first-order chi connectivity index (χ1) is 63.6. The number of thioether (sulfide) groups is 1. The Morgan fingerprint density at radius 1 is 0.586 bits per heavy atom. The second-order valence-electron chi connectivity index (χ2n) is 34.8. The molecule has 2 unspecified atom stereocenters. The smallest absolute Gasteiger partial charge is 0.471 e. The predicted octanol–water partition coefficient (Wildman–Crippen LogP) is 4.38. The third-order valence-corrected chi connectivity index (χ3v) is 28.8. The first-order valence-corrected chi connectivity index (χ1v) is 51.0. The van der Waals surface area contributed by atoms with Gasteiger partial charge < -0.3 is 98.1 Å². The second kappa shape index (κ2) is 52.7. The van der Waals surface area contributed by atoms with Crippen molar-refractivity contribution >= 4 is 157 Å². The van der Waals surface area contributed by atoms with Gasteiger partial charge in [-0.3, -0.25) is 81.2 Å². The molecule has 133 heavy (non-hydrogen) atoms. The minimum Gasteiger partial charge on any atom is -0.480 e. The van der Waals surface area contributed by atoms with Gasteiger partial charge in [-0.2, -0.15) is 11.8 Å². The number of nitrogens with zero attached hydrogens (tertiary/aromatic N) is 6. The number of guanidine groups is 1. The van der Waals surface area contributed by atoms with Crippen LogP contribution in [0.25, 0.3) is 21.8 Å². The van der Waals surface area contributed by atoms with E-state index in [9.17, 15) is 72.7 Å². The maximum atomic E-state index is 15.3. The highest BCUT2D eigenvalue weighted by molar-refractivity contribution is 8.76. The molecule has 9 rings (SSSR count). The normalized spacial score (nSPS) is 18.9. The molecule has 0 aliphatic carbocycles. The number of nitrogens with two attached hydrogens (primary N) is 2. The number of hydrogen-bond acceptors (Lipinski definition) is 25. The topological polar surface area (TPSA) is 582 Å². The molecule has 15 atom stereocenters. The van der Waals surface area contributed by atoms with Gasteiger partial charge in [0.05, 0.1) is 49.6 Å². The van der Waals surface area contributed by atoms with E-state index in [-0.39, 0.29) is 134 Å². The summed E-state index contributed by atoms with van der Waals surface area (Å²) in [6.45, 7) is 5.45. The van der Waals surface area contributed by atoms with Crippen LogP contribution >= 0.6 is 41.2 Å². The molecule has 5 aromatic rings. The van der Waals surface area contributed by atoms with E-state index in [4.69, 9.17) is 16.0 Å². The van der Waals surface area contributed by atoms with Crippen molar-refractivity contribution in [1.29, 1.82) is 0 Å². The van der Waals surface area contributed by atoms with Crippen LogP contribution in [0.1, 0.15) is 179 Å². The number of fused-ring (bicyclic) bond motifs is 2. The van der Waals surface area contributed by atoms with Crippen LogP contribution in [0.5, 0.6) is 0 Å². The number of hydrogen-bond donors (Lipinski definition) is 15. The fourth-order valence-electron chi connectivity index (χ4n) is 17.6. The number of carbonyl (C=O) groups excluding carboxylic acids is 14. The van der Waals surface area contributed by atoms with Gasteiger partial charge in [0.2, 0.25) is 59.1 Å². The van der Waals surface area contributed by atoms with E-state index in [2.05, 4.69) is 61.4 Å². The molecule has 39 nitrogen and oxygen atoms in total. The Bertz CT molecular complexity index is 4920. The van der Waals surface area contributed by atoms with Crippen LogP contribution in [0.4, 0.5) is 0 Å². The molecule has 7 heterocycles. The third kappa shape index (κ3) is 31.2. The summed E-state index contributed by atoms with van der Waals surface area (Å²) in [5.41, 5.74) is 14.6. The summed E-state index contributed by atoms with van der Waals surface area (Å²) < 4.78 is 20.7. The Hall–Kier alpha value is -10.1. The lowest BCUT2D eigenvalue weighted by atomic mass is 9.91. The predicted molar refractivity (Wildman–Crippen MR) is 501 cm³/mol. The number of para-hydroxylation sites is 2. The van der Waals surface area contributed by atoms with Crippen molar-refractivity contribution in [2.45, 2.75) is 248 Å². The van der Waals surface area contributed by atoms with Crippen LogP contribution in [0.15, 0.2) is 78.4 Å². The van der Waals surface area contributed by atoms with Crippen molar-refractivity contribution in [3.8, 4) is 0 Å². The molecule has 17 N–H and O–H groups in total. The van der Waals surface area contributed by atoms with Crippen LogP contribution in [0.3, 0.4) is 0 Å². The number of phosphoric ester groups is 1. The lowest BCUT2D eigenvalue weighted by Crippen LogP contribution is -2.59. The van der Waals surface area contributed by atoms with Crippen LogP contribution in [-0.4, -0.2) is 297 Å². The second-order valence-corrected chi connectivity index (χ2v) is 40.0. The van der Waals surface area contributed by atoms with Crippen molar-refractivity contribution in [1.82, 2.24) is 71.4 Å². The SMILES string of the molecule is COP(=O)(O)OCCCCCCCC(=O)CCSSC[C@H](NC(C)=O)C(=O)NC(C(=O)C[C@@H](Cc1cnc[nH]1)C(=O)N[C@@H](CCCN=C(N)N)C(=O)N1CCC[C@H]1C(=O)N1CCC[C@H]1C(=O)C[C@@H](CCSC)C(=O)N[C@@H](Cc1c[nH]c2ccccc12)C(=O)C[C@@H](CO)C(=O)N1CCC[C@H]1C(=O)N[C@H](C(=O)N[C@@H](Cc1c[nH]c2ccccc12)C(=O)N1CCC[C@H]1C(=O)O)C(C)C)[C@@H](C)O. The monoisotopic (exact) mass is 1930 g/mol. The van der Waals surface area contributed by atoms with Crippen molar-refractivity contribution in [2.75, 3.05) is 76.6 Å². The van der Waals surface area contributed by atoms with Crippen molar-refractivity contribution in [2.24, 2.45) is 40.1 Å². The summed E-state index contributed by atoms with van der Waals surface area (Å²) >= 11 is 1.41. The minimum atomic E-state index is -4.03. The number of aromatic nitrogens is 4. The summed E-state index contributed by atoms with van der Waals surface area (Å²) in [6, 6.07) is 2.12. The average Bonchev–Trinajstić information content (AvgIpc) is 1.68. The van der Waals surface area contributed by atoms with Crippen LogP contribution in [-0.2, 0) is 105 Å². The summed E-state index contributed by atoms with van der Waals surface area (Å²) in [6.07, 6.45) is 11.1. The standard InChI is InChI=1S/C90H130N17O22PS3/c1-53(2)78(84(119)101-69(87(122)107-37-20-30-74(107)89(124)125)43-59-48-96-66-25-14-12-23-64(59)66)102-83(118)72-28-18-35-105(72)85(120)60(50-108)46-75(112)68(42-58-47-95-65-24-13-11-22-63(58)65)100-80(115)56(31-39-131-6)44-76(113)71-27-17-34-104(71)88(123)73-29-19-36-106(73)86(121)67(26-16-33-94-90(91)92)99-81(116)57(41-61-49-93-52-97-61)45-77(114)79(54(3)109)103-82(117)70(98-55(4)110)51-133-132-40-32-62(111)21-10-8-7-9-15-38-129-130(126,127)128-5/h11-14,22-25,47-49,52-54,56-57,60,67-74,78-79,95-96,108-109H,7-10,15-21,26-46,50-51H2,1-6H3,(H,93,97)(H,98,110)(H,99,116)(H,100,115)(H,101,119)(H,102,118)(H,103,117)(H,124,125)(H,126,127)(H4,91,92,94)/t54-,56-,57-,60+,67+,68+,69+,70+,71+,72+,73+,74+,78+,79?/m1/s1. The summed E-state index contributed by atoms with van der Waals surface area (Å²) in [7, 11) is -0.440. The van der Waals surface area contributed by atoms with Crippen molar-refractivity contribution < 1.29 is 106 Å². The highest BCUT2D eigenvalue weighted by Crippen LogP contribution is 2.42. The first kappa shape index (κ1) is 107. The van der Waals surface area contributed by atoms with E-state index in [1.54, 1.807) is 32.3 Å². The quantitative estimate of drug-likeness (QED) is 0.00844. The number of phosphoric acid groups is 1. The lowest BCUT2D eigenvalue weighted by Gasteiger charge is -2.33. The van der Waals surface area contributed by atoms with Gasteiger partial charge >= 0.3 is 13.8 Å². The number of unbranched alkanes of at least 4 members (excludes halogenated alkanes) is 4. The fourth-order valence-corrected chi connectivity index (χ4v) is 20.8. The Morgan fingerprint density at radius 2 is 1.16 bits per heavy atom. The van der Waals surface area contributed by atoms with Gasteiger partial charge in [0.15, 0.2) is 23.3 Å². The number of ketones is 4. The number of aliphatic hydroxyl groups excluding tert-OH is 2. The number of carboxylic acids is 1. The van der Waals surface area contributed by atoms with E-state index in [0.717, 1.165) is 48.2 Å². The third-order valence-electron chi connectivity index (χ3n) is 24.7. The minimum absolute atomic E-state index is 0.00477. The number of aliphatic imine (C=N–C) groups is 1. The van der Waals surface area contributed by atoms with Crippen LogP contribution in [0, 0.1) is 23.7 Å². The van der Waals surface area contributed by atoms with Gasteiger partial charge in [0.1, 0.15) is 54.1 Å². The number of carbonyl (C=O) groups is 15. The van der Waals surface area contributed by atoms with Crippen LogP contribution in [0.2, 0.25) is 0 Å². The molecule has 4 saturated heterocycles. The van der Waals surface area contributed by atoms with E-state index >= 15 is 24.0 Å². The van der Waals surface area contributed by atoms with Crippen molar-refractivity contribution in [3.05, 3.63) is 90.3 Å². The van der Waals surface area contributed by atoms with Gasteiger partial charge in [0.25, 0.3) is 0 Å². The Kier molecular flexibility index (Phi) is 42.2. The number of amides is 10. The average molecular weight is 1930 g/mol. The van der Waals surface area contributed by atoms with E-state index in [1.165, 1.54) is 79.3 Å². The summed E-state index contributed by atoms with van der Waals surface area (Å²) in [5.74, 6) is -13.7. The van der Waals surface area contributed by atoms with Gasteiger partial charge in [-0.25, -0.2) is 14.3 Å². The van der Waals surface area contributed by atoms with Gasteiger partial charge in [-0.15, -0.1) is 0 Å². The number of carboxylic acid groups (broad SMARTS) is 1. The molecule has 3 aromatic heterocycles. The summed E-state index contributed by atoms with van der Waals surface area (Å²) in [4.78, 5) is 248. The Balaban J connectivity index is 0.842. The van der Waals surface area contributed by atoms with Crippen molar-refractivity contribution in [3.63, 3.8) is 0 Å². The highest BCUT2D eigenvalue weighted by atomic mass is 33.1. The number of aliphatic hydroxyl groups is 2. The molecule has 0 saturated carbocycles. The summed E-state index contributed by atoms with van der Waals surface area (Å²) in [5, 5.41) is 50.4. The van der Waals surface area contributed by atoms with E-state index < -0.39 is 200 Å². The molecule has 43 heteroatoms. The zero-order chi connectivity index (χ0) is 96.6. The molecule has 4 fully saturated rings. The zero-order valence-corrected chi connectivity index (χ0v) is 79.6. The molecule has 4 aliphatic heterocycles.